The van der Waals surface area contributed by atoms with Crippen LogP contribution in [0.3, 0.4) is 0 Å². The quantitative estimate of drug-likeness (QED) is 0.750. The molecule has 1 aromatic rings. The first-order valence-corrected chi connectivity index (χ1v) is 6.87. The molecule has 0 radical (unpaired) electrons. The van der Waals surface area contributed by atoms with Crippen molar-refractivity contribution in [1.29, 1.82) is 0 Å². The smallest absolute Gasteiger partial charge is 0.119 e. The van der Waals surface area contributed by atoms with Crippen LogP contribution in [0.15, 0.2) is 24.3 Å². The van der Waals surface area contributed by atoms with E-state index in [1.165, 1.54) is 0 Å². The SMILES string of the molecule is CN(C)CCN(C)CCOc1ccc(C#CCN)cc1. The minimum absolute atomic E-state index is 0.386. The van der Waals surface area contributed by atoms with Gasteiger partial charge in [-0.05, 0) is 45.4 Å². The maximum atomic E-state index is 5.71. The third-order valence-corrected chi connectivity index (χ3v) is 2.86. The number of nitrogens with two attached hydrogens (primary N) is 1. The van der Waals surface area contributed by atoms with E-state index in [-0.39, 0.29) is 0 Å². The number of hydrogen-bond acceptors (Lipinski definition) is 4. The Balaban J connectivity index is 2.28. The average molecular weight is 275 g/mol. The Morgan fingerprint density at radius 2 is 1.75 bits per heavy atom. The molecule has 4 heteroatoms. The molecule has 0 amide bonds. The van der Waals surface area contributed by atoms with Crippen LogP contribution in [0.25, 0.3) is 0 Å². The van der Waals surface area contributed by atoms with Crippen molar-refractivity contribution in [3.63, 3.8) is 0 Å². The van der Waals surface area contributed by atoms with E-state index in [1.807, 2.05) is 24.3 Å². The molecule has 1 aromatic carbocycles. The van der Waals surface area contributed by atoms with Crippen molar-refractivity contribution in [2.24, 2.45) is 5.73 Å². The predicted molar refractivity (Wildman–Crippen MR) is 83.9 cm³/mol. The molecule has 0 saturated carbocycles. The first kappa shape index (κ1) is 16.5. The van der Waals surface area contributed by atoms with Gasteiger partial charge in [0.05, 0.1) is 6.54 Å². The fourth-order valence-corrected chi connectivity index (χ4v) is 1.59. The van der Waals surface area contributed by atoms with Crippen molar-refractivity contribution in [2.45, 2.75) is 0 Å². The third kappa shape index (κ3) is 7.15. The van der Waals surface area contributed by atoms with Crippen LogP contribution in [0.5, 0.6) is 5.75 Å². The number of ether oxygens (including phenoxy) is 1. The number of likely N-dealkylation sites (N-methyl/N-ethyl adjacent to an activating group) is 2. The summed E-state index contributed by atoms with van der Waals surface area (Å²) in [4.78, 5) is 4.44. The molecule has 20 heavy (non-hydrogen) atoms. The number of benzene rings is 1. The molecule has 1 rings (SSSR count). The molecular formula is C16H25N3O. The first-order valence-electron chi connectivity index (χ1n) is 6.87. The van der Waals surface area contributed by atoms with E-state index >= 15 is 0 Å². The molecule has 2 N–H and O–H groups in total. The second kappa shape index (κ2) is 9.38. The molecule has 0 fully saturated rings. The van der Waals surface area contributed by atoms with Crippen LogP contribution < -0.4 is 10.5 Å². The van der Waals surface area contributed by atoms with E-state index in [2.05, 4.69) is 42.8 Å². The summed E-state index contributed by atoms with van der Waals surface area (Å²) < 4.78 is 5.71. The fourth-order valence-electron chi connectivity index (χ4n) is 1.59. The predicted octanol–water partition coefficient (Wildman–Crippen LogP) is 0.869. The number of hydrogen-bond donors (Lipinski definition) is 1. The minimum atomic E-state index is 0.386. The second-order valence-corrected chi connectivity index (χ2v) is 4.99. The maximum absolute atomic E-state index is 5.71. The summed E-state index contributed by atoms with van der Waals surface area (Å²) in [5.74, 6) is 6.70. The van der Waals surface area contributed by atoms with Gasteiger partial charge in [0.15, 0.2) is 0 Å². The van der Waals surface area contributed by atoms with Gasteiger partial charge in [-0.2, -0.15) is 0 Å². The first-order chi connectivity index (χ1) is 9.61. The summed E-state index contributed by atoms with van der Waals surface area (Å²) in [6.45, 7) is 4.10. The van der Waals surface area contributed by atoms with Crippen molar-refractivity contribution in [3.05, 3.63) is 29.8 Å². The summed E-state index contributed by atoms with van der Waals surface area (Å²) in [6, 6.07) is 7.79. The van der Waals surface area contributed by atoms with Gasteiger partial charge >= 0.3 is 0 Å². The normalized spacial score (nSPS) is 10.5. The van der Waals surface area contributed by atoms with Crippen LogP contribution in [-0.2, 0) is 0 Å². The van der Waals surface area contributed by atoms with Gasteiger partial charge in [-0.3, -0.25) is 0 Å². The van der Waals surface area contributed by atoms with Crippen LogP contribution in [-0.4, -0.2) is 63.7 Å². The van der Waals surface area contributed by atoms with Crippen molar-refractivity contribution >= 4 is 0 Å². The monoisotopic (exact) mass is 275 g/mol. The van der Waals surface area contributed by atoms with Gasteiger partial charge in [0.1, 0.15) is 12.4 Å². The van der Waals surface area contributed by atoms with E-state index < -0.39 is 0 Å². The highest BCUT2D eigenvalue weighted by molar-refractivity contribution is 5.38. The lowest BCUT2D eigenvalue weighted by atomic mass is 10.2. The van der Waals surface area contributed by atoms with Crippen molar-refractivity contribution in [2.75, 3.05) is 53.9 Å². The molecule has 0 atom stereocenters. The van der Waals surface area contributed by atoms with E-state index in [0.717, 1.165) is 30.9 Å². The molecule has 0 bridgehead atoms. The Kier molecular flexibility index (Phi) is 7.74. The van der Waals surface area contributed by atoms with Gasteiger partial charge in [0.2, 0.25) is 0 Å². The lowest BCUT2D eigenvalue weighted by Crippen LogP contribution is -2.31. The van der Waals surface area contributed by atoms with E-state index in [4.69, 9.17) is 10.5 Å². The highest BCUT2D eigenvalue weighted by Gasteiger charge is 2.00. The average Bonchev–Trinajstić information content (AvgIpc) is 2.44. The Bertz CT molecular complexity index is 431. The van der Waals surface area contributed by atoms with Crippen molar-refractivity contribution in [1.82, 2.24) is 9.80 Å². The Labute approximate surface area is 122 Å². The summed E-state index contributed by atoms with van der Waals surface area (Å²) in [5.41, 5.74) is 6.30. The Morgan fingerprint density at radius 1 is 1.05 bits per heavy atom. The maximum Gasteiger partial charge on any atom is 0.119 e. The summed E-state index contributed by atoms with van der Waals surface area (Å²) in [6.07, 6.45) is 0. The largest absolute Gasteiger partial charge is 0.492 e. The van der Waals surface area contributed by atoms with Gasteiger partial charge < -0.3 is 20.3 Å². The van der Waals surface area contributed by atoms with Gasteiger partial charge in [-0.1, -0.05) is 11.8 Å². The summed E-state index contributed by atoms with van der Waals surface area (Å²) in [7, 11) is 6.28. The molecule has 0 aliphatic carbocycles. The van der Waals surface area contributed by atoms with Gasteiger partial charge in [0, 0.05) is 25.2 Å². The lowest BCUT2D eigenvalue weighted by molar-refractivity contribution is 0.222. The van der Waals surface area contributed by atoms with Crippen LogP contribution in [0, 0.1) is 11.8 Å². The van der Waals surface area contributed by atoms with E-state index in [1.54, 1.807) is 0 Å². The van der Waals surface area contributed by atoms with Crippen molar-refractivity contribution in [3.8, 4) is 17.6 Å². The second-order valence-electron chi connectivity index (χ2n) is 4.99. The third-order valence-electron chi connectivity index (χ3n) is 2.86. The standard InChI is InChI=1S/C16H25N3O/c1-18(2)11-12-19(3)13-14-20-16-8-6-15(7-9-16)5-4-10-17/h6-9H,10-14,17H2,1-3H3. The minimum Gasteiger partial charge on any atom is -0.492 e. The zero-order valence-electron chi connectivity index (χ0n) is 12.7. The van der Waals surface area contributed by atoms with E-state index in [9.17, 15) is 0 Å². The van der Waals surface area contributed by atoms with Crippen molar-refractivity contribution < 1.29 is 4.74 Å². The molecule has 0 aliphatic heterocycles. The molecule has 0 unspecified atom stereocenters. The molecule has 0 aromatic heterocycles. The highest BCUT2D eigenvalue weighted by Crippen LogP contribution is 2.11. The molecule has 0 aliphatic rings. The van der Waals surface area contributed by atoms with Gasteiger partial charge in [-0.15, -0.1) is 0 Å². The molecule has 110 valence electrons. The fraction of sp³-hybridized carbons (Fsp3) is 0.500. The lowest BCUT2D eigenvalue weighted by Gasteiger charge is -2.19. The van der Waals surface area contributed by atoms with Crippen LogP contribution >= 0.6 is 0 Å². The topological polar surface area (TPSA) is 41.7 Å². The molecular weight excluding hydrogens is 250 g/mol. The summed E-state index contributed by atoms with van der Waals surface area (Å²) in [5, 5.41) is 0. The zero-order valence-corrected chi connectivity index (χ0v) is 12.7. The Morgan fingerprint density at radius 3 is 2.35 bits per heavy atom. The van der Waals surface area contributed by atoms with Crippen LogP contribution in [0.4, 0.5) is 0 Å². The molecule has 4 nitrogen and oxygen atoms in total. The molecule has 0 heterocycles. The molecule has 0 spiro atoms. The van der Waals surface area contributed by atoms with Crippen LogP contribution in [0.2, 0.25) is 0 Å². The van der Waals surface area contributed by atoms with Crippen LogP contribution in [0.1, 0.15) is 5.56 Å². The zero-order chi connectivity index (χ0) is 14.8. The summed E-state index contributed by atoms with van der Waals surface area (Å²) >= 11 is 0. The Hall–Kier alpha value is -1.54. The number of nitrogens with zero attached hydrogens (tertiary/aromatic N) is 2. The number of rotatable bonds is 7. The highest BCUT2D eigenvalue weighted by atomic mass is 16.5. The van der Waals surface area contributed by atoms with E-state index in [0.29, 0.717) is 13.2 Å². The molecule has 0 saturated heterocycles. The van der Waals surface area contributed by atoms with Gasteiger partial charge in [-0.25, -0.2) is 0 Å². The van der Waals surface area contributed by atoms with Gasteiger partial charge in [0.25, 0.3) is 0 Å².